The van der Waals surface area contributed by atoms with E-state index in [1.807, 2.05) is 6.07 Å². The van der Waals surface area contributed by atoms with Gasteiger partial charge in [0.05, 0.1) is 6.54 Å². The molecule has 0 spiro atoms. The van der Waals surface area contributed by atoms with Gasteiger partial charge in [-0.1, -0.05) is 56.3 Å². The maximum absolute atomic E-state index is 12.5. The van der Waals surface area contributed by atoms with Gasteiger partial charge in [-0.05, 0) is 42.9 Å². The van der Waals surface area contributed by atoms with Gasteiger partial charge in [-0.3, -0.25) is 9.69 Å². The number of rotatable bonds is 6. The van der Waals surface area contributed by atoms with Gasteiger partial charge in [-0.2, -0.15) is 0 Å². The van der Waals surface area contributed by atoms with Crippen molar-refractivity contribution < 1.29 is 4.79 Å². The molecule has 0 aromatic heterocycles. The SMILES string of the molecule is CCN(CC)CC(=O)Nc1cccc2c1CN(C)CC2c1ccccc1.Cl.Cl. The van der Waals surface area contributed by atoms with Crippen LogP contribution in [0, 0.1) is 0 Å². The zero-order chi connectivity index (χ0) is 18.5. The second kappa shape index (κ2) is 11.4. The lowest BCUT2D eigenvalue weighted by atomic mass is 9.84. The molecule has 2 aromatic rings. The van der Waals surface area contributed by atoms with Crippen molar-refractivity contribution in [3.63, 3.8) is 0 Å². The van der Waals surface area contributed by atoms with E-state index in [1.54, 1.807) is 0 Å². The Morgan fingerprint density at radius 3 is 2.39 bits per heavy atom. The van der Waals surface area contributed by atoms with Crippen LogP contribution in [0.1, 0.15) is 36.5 Å². The van der Waals surface area contributed by atoms with Gasteiger partial charge in [0.1, 0.15) is 0 Å². The molecule has 0 saturated carbocycles. The molecule has 1 unspecified atom stereocenters. The fourth-order valence-electron chi connectivity index (χ4n) is 3.78. The second-order valence-corrected chi connectivity index (χ2v) is 7.04. The van der Waals surface area contributed by atoms with E-state index in [4.69, 9.17) is 0 Å². The molecule has 154 valence electrons. The fraction of sp³-hybridized carbons (Fsp3) is 0.409. The van der Waals surface area contributed by atoms with E-state index in [2.05, 4.69) is 78.5 Å². The van der Waals surface area contributed by atoms with E-state index >= 15 is 0 Å². The summed E-state index contributed by atoms with van der Waals surface area (Å²) in [5.41, 5.74) is 4.84. The first-order chi connectivity index (χ1) is 12.6. The number of hydrogen-bond donors (Lipinski definition) is 1. The smallest absolute Gasteiger partial charge is 0.238 e. The minimum Gasteiger partial charge on any atom is -0.325 e. The fourth-order valence-corrected chi connectivity index (χ4v) is 3.78. The first-order valence-corrected chi connectivity index (χ1v) is 9.49. The number of anilines is 1. The molecule has 2 aromatic carbocycles. The monoisotopic (exact) mass is 423 g/mol. The second-order valence-electron chi connectivity index (χ2n) is 7.04. The van der Waals surface area contributed by atoms with Crippen LogP contribution >= 0.6 is 24.8 Å². The zero-order valence-corrected chi connectivity index (χ0v) is 18.5. The van der Waals surface area contributed by atoms with Crippen molar-refractivity contribution in [2.45, 2.75) is 26.3 Å². The van der Waals surface area contributed by atoms with Crippen LogP contribution in [0.15, 0.2) is 48.5 Å². The first kappa shape index (κ1) is 24.4. The van der Waals surface area contributed by atoms with Crippen molar-refractivity contribution in [2.75, 3.05) is 38.5 Å². The number of halogens is 2. The summed E-state index contributed by atoms with van der Waals surface area (Å²) in [5.74, 6) is 0.399. The minimum absolute atomic E-state index is 0. The molecule has 0 radical (unpaired) electrons. The molecule has 4 nitrogen and oxygen atoms in total. The summed E-state index contributed by atoms with van der Waals surface area (Å²) in [6, 6.07) is 16.9. The van der Waals surface area contributed by atoms with Crippen LogP contribution in [0.2, 0.25) is 0 Å². The van der Waals surface area contributed by atoms with Gasteiger partial charge in [0.2, 0.25) is 5.91 Å². The van der Waals surface area contributed by atoms with Gasteiger partial charge in [0, 0.05) is 24.7 Å². The van der Waals surface area contributed by atoms with Crippen LogP contribution in [-0.4, -0.2) is 48.9 Å². The van der Waals surface area contributed by atoms with E-state index in [-0.39, 0.29) is 30.7 Å². The van der Waals surface area contributed by atoms with E-state index in [0.717, 1.165) is 31.9 Å². The number of nitrogens with one attached hydrogen (secondary N) is 1. The van der Waals surface area contributed by atoms with Crippen LogP contribution in [0.3, 0.4) is 0 Å². The topological polar surface area (TPSA) is 35.6 Å². The van der Waals surface area contributed by atoms with Crippen molar-refractivity contribution in [1.82, 2.24) is 9.80 Å². The number of hydrogen-bond acceptors (Lipinski definition) is 3. The Hall–Kier alpha value is -1.59. The highest BCUT2D eigenvalue weighted by molar-refractivity contribution is 5.93. The van der Waals surface area contributed by atoms with Crippen LogP contribution in [0.4, 0.5) is 5.69 Å². The van der Waals surface area contributed by atoms with Crippen LogP contribution in [0.5, 0.6) is 0 Å². The van der Waals surface area contributed by atoms with Gasteiger partial charge in [0.15, 0.2) is 0 Å². The van der Waals surface area contributed by atoms with E-state index in [1.165, 1.54) is 16.7 Å². The lowest BCUT2D eigenvalue weighted by Gasteiger charge is -2.34. The Kier molecular flexibility index (Phi) is 9.97. The highest BCUT2D eigenvalue weighted by Crippen LogP contribution is 2.36. The Morgan fingerprint density at radius 2 is 1.75 bits per heavy atom. The number of carbonyl (C=O) groups excluding carboxylic acids is 1. The normalized spacial score (nSPS) is 15.9. The van der Waals surface area contributed by atoms with Crippen LogP contribution < -0.4 is 5.32 Å². The summed E-state index contributed by atoms with van der Waals surface area (Å²) in [6.45, 7) is 8.23. The molecule has 0 bridgehead atoms. The lowest BCUT2D eigenvalue weighted by molar-refractivity contribution is -0.117. The minimum atomic E-state index is 0. The van der Waals surface area contributed by atoms with Crippen molar-refractivity contribution in [2.24, 2.45) is 0 Å². The number of fused-ring (bicyclic) bond motifs is 1. The number of nitrogens with zero attached hydrogens (tertiary/aromatic N) is 2. The molecule has 3 rings (SSSR count). The predicted octanol–water partition coefficient (Wildman–Crippen LogP) is 4.39. The summed E-state index contributed by atoms with van der Waals surface area (Å²) >= 11 is 0. The lowest BCUT2D eigenvalue weighted by Crippen LogP contribution is -2.34. The molecule has 0 fully saturated rings. The third kappa shape index (κ3) is 5.71. The molecule has 28 heavy (non-hydrogen) atoms. The molecule has 1 amide bonds. The van der Waals surface area contributed by atoms with Gasteiger partial charge < -0.3 is 10.2 Å². The first-order valence-electron chi connectivity index (χ1n) is 9.49. The number of likely N-dealkylation sites (N-methyl/N-ethyl adjacent to an activating group) is 2. The summed E-state index contributed by atoms with van der Waals surface area (Å²) in [7, 11) is 2.15. The van der Waals surface area contributed by atoms with Gasteiger partial charge in [-0.15, -0.1) is 24.8 Å². The average molecular weight is 424 g/mol. The number of benzene rings is 2. The summed E-state index contributed by atoms with van der Waals surface area (Å²) < 4.78 is 0. The number of carbonyl (C=O) groups is 1. The average Bonchev–Trinajstić information content (AvgIpc) is 2.66. The van der Waals surface area contributed by atoms with Crippen molar-refractivity contribution >= 4 is 36.4 Å². The third-order valence-corrected chi connectivity index (χ3v) is 5.25. The Labute approximate surface area is 181 Å². The Balaban J connectivity index is 0.00000196. The molecule has 6 heteroatoms. The van der Waals surface area contributed by atoms with Crippen molar-refractivity contribution in [3.8, 4) is 0 Å². The Morgan fingerprint density at radius 1 is 1.07 bits per heavy atom. The number of amides is 1. The third-order valence-electron chi connectivity index (χ3n) is 5.25. The zero-order valence-electron chi connectivity index (χ0n) is 16.9. The summed E-state index contributed by atoms with van der Waals surface area (Å²) in [4.78, 5) is 17.0. The molecule has 1 aliphatic heterocycles. The molecule has 1 atom stereocenters. The van der Waals surface area contributed by atoms with E-state index in [9.17, 15) is 4.79 Å². The molecule has 0 aliphatic carbocycles. The summed E-state index contributed by atoms with van der Waals surface area (Å²) in [6.07, 6.45) is 0. The Bertz CT molecular complexity index is 751. The molecular weight excluding hydrogens is 393 g/mol. The molecule has 0 saturated heterocycles. The van der Waals surface area contributed by atoms with Crippen molar-refractivity contribution in [3.05, 3.63) is 65.2 Å². The van der Waals surface area contributed by atoms with Gasteiger partial charge in [-0.25, -0.2) is 0 Å². The van der Waals surface area contributed by atoms with E-state index < -0.39 is 0 Å². The quantitative estimate of drug-likeness (QED) is 0.747. The molecule has 1 aliphatic rings. The maximum Gasteiger partial charge on any atom is 0.238 e. The van der Waals surface area contributed by atoms with Crippen LogP contribution in [0.25, 0.3) is 0 Å². The summed E-state index contributed by atoms with van der Waals surface area (Å²) in [5, 5.41) is 3.15. The predicted molar refractivity (Wildman–Crippen MR) is 122 cm³/mol. The van der Waals surface area contributed by atoms with Gasteiger partial charge >= 0.3 is 0 Å². The maximum atomic E-state index is 12.5. The van der Waals surface area contributed by atoms with E-state index in [0.29, 0.717) is 12.5 Å². The molecular formula is C22H31Cl2N3O. The molecule has 1 heterocycles. The van der Waals surface area contributed by atoms with Gasteiger partial charge in [0.25, 0.3) is 0 Å². The highest BCUT2D eigenvalue weighted by atomic mass is 35.5. The van der Waals surface area contributed by atoms with Crippen LogP contribution in [-0.2, 0) is 11.3 Å². The standard InChI is InChI=1S/C22H29N3O.2ClH/c1-4-25(5-2)16-22(26)23-21-13-9-12-18-19(14-24(3)15-20(18)21)17-10-7-6-8-11-17;;/h6-13,19H,4-5,14-16H2,1-3H3,(H,23,26);2*1H. The molecule has 1 N–H and O–H groups in total. The largest absolute Gasteiger partial charge is 0.325 e. The highest BCUT2D eigenvalue weighted by Gasteiger charge is 2.26. The van der Waals surface area contributed by atoms with Crippen molar-refractivity contribution in [1.29, 1.82) is 0 Å².